The van der Waals surface area contributed by atoms with Gasteiger partial charge in [0.1, 0.15) is 6.11 Å². The Morgan fingerprint density at radius 2 is 1.17 bits per heavy atom. The maximum atomic E-state index is 12.4. The SMILES string of the molecule is CCCCCCCCCCCCCCCCCCCCCCCC(=O)OC#C[C@@H]1CC[C@H]2[C@@H]3CCC4CC=CC[C@@H]4[C@H]3CC[C@]12C. The van der Waals surface area contributed by atoms with Gasteiger partial charge in [0, 0.05) is 12.3 Å². The first-order valence-electron chi connectivity index (χ1n) is 21.0. The Balaban J connectivity index is 0.933. The van der Waals surface area contributed by atoms with Crippen molar-refractivity contribution in [1.82, 2.24) is 0 Å². The van der Waals surface area contributed by atoms with Crippen LogP contribution >= 0.6 is 0 Å². The summed E-state index contributed by atoms with van der Waals surface area (Å²) in [4.78, 5) is 12.4. The van der Waals surface area contributed by atoms with Gasteiger partial charge >= 0.3 is 5.97 Å². The molecule has 4 rings (SSSR count). The lowest BCUT2D eigenvalue weighted by Gasteiger charge is -2.54. The molecule has 0 amide bonds. The van der Waals surface area contributed by atoms with Crippen LogP contribution in [0.1, 0.15) is 206 Å². The van der Waals surface area contributed by atoms with E-state index in [1.54, 1.807) is 0 Å². The number of ether oxygens (including phenoxy) is 1. The number of unbranched alkanes of at least 4 members (excludes halogenated alkanes) is 20. The minimum atomic E-state index is -0.114. The molecule has 0 saturated heterocycles. The highest BCUT2D eigenvalue weighted by atomic mass is 16.5. The normalized spacial score (nSPS) is 29.8. The molecule has 0 aromatic carbocycles. The van der Waals surface area contributed by atoms with Gasteiger partial charge in [0.2, 0.25) is 0 Å². The molecule has 0 heterocycles. The van der Waals surface area contributed by atoms with Crippen molar-refractivity contribution in [2.24, 2.45) is 40.9 Å². The van der Waals surface area contributed by atoms with E-state index in [2.05, 4.69) is 38.0 Å². The summed E-state index contributed by atoms with van der Waals surface area (Å²) < 4.78 is 5.44. The van der Waals surface area contributed by atoms with Crippen LogP contribution in [0.4, 0.5) is 0 Å². The summed E-state index contributed by atoms with van der Waals surface area (Å²) in [5.74, 6) is 8.33. The molecule has 3 saturated carbocycles. The molecular formula is C44H74O2. The molecule has 1 unspecified atom stereocenters. The fraction of sp³-hybridized carbons (Fsp3) is 0.886. The second kappa shape index (κ2) is 21.7. The summed E-state index contributed by atoms with van der Waals surface area (Å²) in [5, 5.41) is 0. The van der Waals surface area contributed by atoms with Gasteiger partial charge in [-0.1, -0.05) is 160 Å². The van der Waals surface area contributed by atoms with Crippen LogP contribution < -0.4 is 0 Å². The van der Waals surface area contributed by atoms with Crippen molar-refractivity contribution in [3.8, 4) is 12.0 Å². The van der Waals surface area contributed by atoms with Gasteiger partial charge in [-0.2, -0.15) is 0 Å². The highest BCUT2D eigenvalue weighted by molar-refractivity contribution is 5.70. The van der Waals surface area contributed by atoms with Gasteiger partial charge in [-0.25, -0.2) is 0 Å². The lowest BCUT2D eigenvalue weighted by molar-refractivity contribution is -0.137. The number of rotatable bonds is 22. The summed E-state index contributed by atoms with van der Waals surface area (Å²) in [7, 11) is 0. The van der Waals surface area contributed by atoms with Gasteiger partial charge in [-0.3, -0.25) is 4.79 Å². The second-order valence-corrected chi connectivity index (χ2v) is 16.6. The Morgan fingerprint density at radius 3 is 1.76 bits per heavy atom. The zero-order valence-electron chi connectivity index (χ0n) is 30.6. The molecule has 3 fully saturated rings. The van der Waals surface area contributed by atoms with Crippen LogP contribution in [-0.4, -0.2) is 5.97 Å². The zero-order valence-corrected chi connectivity index (χ0v) is 30.6. The highest BCUT2D eigenvalue weighted by Crippen LogP contribution is 2.63. The van der Waals surface area contributed by atoms with E-state index in [0.717, 1.165) is 42.4 Å². The van der Waals surface area contributed by atoms with Crippen LogP contribution in [0.3, 0.4) is 0 Å². The number of carbonyl (C=O) groups excluding carboxylic acids is 1. The number of carbonyl (C=O) groups is 1. The van der Waals surface area contributed by atoms with Crippen molar-refractivity contribution < 1.29 is 9.53 Å². The van der Waals surface area contributed by atoms with Gasteiger partial charge in [0.25, 0.3) is 0 Å². The van der Waals surface area contributed by atoms with Gasteiger partial charge < -0.3 is 4.74 Å². The monoisotopic (exact) mass is 635 g/mol. The molecular weight excluding hydrogens is 560 g/mol. The van der Waals surface area contributed by atoms with Crippen molar-refractivity contribution in [1.29, 1.82) is 0 Å². The number of fused-ring (bicyclic) bond motifs is 5. The molecule has 0 radical (unpaired) electrons. The molecule has 2 heteroatoms. The lowest BCUT2D eigenvalue weighted by Crippen LogP contribution is -2.47. The smallest absolute Gasteiger partial charge is 0.319 e. The van der Waals surface area contributed by atoms with Gasteiger partial charge in [-0.15, -0.1) is 0 Å². The number of allylic oxidation sites excluding steroid dienone is 2. The predicted octanol–water partition coefficient (Wildman–Crippen LogP) is 13.5. The lowest BCUT2D eigenvalue weighted by atomic mass is 9.50. The van der Waals surface area contributed by atoms with Crippen LogP contribution in [0.15, 0.2) is 12.2 Å². The summed E-state index contributed by atoms with van der Waals surface area (Å²) in [6.45, 7) is 4.82. The summed E-state index contributed by atoms with van der Waals surface area (Å²) >= 11 is 0. The van der Waals surface area contributed by atoms with E-state index >= 15 is 0 Å². The average Bonchev–Trinajstić information content (AvgIpc) is 3.41. The van der Waals surface area contributed by atoms with Gasteiger partial charge in [0.15, 0.2) is 0 Å². The third-order valence-corrected chi connectivity index (χ3v) is 13.4. The van der Waals surface area contributed by atoms with E-state index < -0.39 is 0 Å². The number of hydrogen-bond acceptors (Lipinski definition) is 2. The number of esters is 1. The van der Waals surface area contributed by atoms with Crippen LogP contribution in [0.5, 0.6) is 0 Å². The Labute approximate surface area is 286 Å². The quantitative estimate of drug-likeness (QED) is 0.0512. The first-order valence-corrected chi connectivity index (χ1v) is 21.0. The zero-order chi connectivity index (χ0) is 32.3. The minimum absolute atomic E-state index is 0.114. The van der Waals surface area contributed by atoms with E-state index in [4.69, 9.17) is 4.74 Å². The van der Waals surface area contributed by atoms with Gasteiger partial charge in [-0.05, 0) is 92.8 Å². The average molecular weight is 635 g/mol. The van der Waals surface area contributed by atoms with E-state index in [-0.39, 0.29) is 5.97 Å². The molecule has 0 aromatic rings. The standard InChI is InChI=1S/C44H74O2/c1-3-4-5-6-7-8-9-10-11-12-13-14-15-16-17-18-19-20-21-22-23-28-43(45)46-36-34-38-30-32-42-41-31-29-37-26-24-25-27-39(37)40(41)33-35-44(38,42)2/h24-25,37-42H,3-23,26-33,35H2,1-2H3/t37?,38-,39-,40+,41+,42-,44+/m0/s1. The summed E-state index contributed by atoms with van der Waals surface area (Å²) in [6.07, 6.45) is 48.1. The van der Waals surface area contributed by atoms with Crippen LogP contribution in [0, 0.1) is 52.9 Å². The van der Waals surface area contributed by atoms with Gasteiger partial charge in [0.05, 0.1) is 0 Å². The highest BCUT2D eigenvalue weighted by Gasteiger charge is 2.56. The maximum absolute atomic E-state index is 12.4. The Morgan fingerprint density at radius 1 is 0.630 bits per heavy atom. The molecule has 0 bridgehead atoms. The fourth-order valence-corrected chi connectivity index (χ4v) is 10.6. The van der Waals surface area contributed by atoms with E-state index in [9.17, 15) is 4.79 Å². The first-order chi connectivity index (χ1) is 22.6. The minimum Gasteiger partial charge on any atom is -0.372 e. The van der Waals surface area contributed by atoms with Crippen LogP contribution in [0.25, 0.3) is 0 Å². The van der Waals surface area contributed by atoms with Crippen molar-refractivity contribution in [3.63, 3.8) is 0 Å². The second-order valence-electron chi connectivity index (χ2n) is 16.6. The van der Waals surface area contributed by atoms with Crippen LogP contribution in [0.2, 0.25) is 0 Å². The Hall–Kier alpha value is -1.23. The molecule has 2 nitrogen and oxygen atoms in total. The molecule has 0 aliphatic heterocycles. The molecule has 4 aliphatic rings. The molecule has 4 aliphatic carbocycles. The summed E-state index contributed by atoms with van der Waals surface area (Å²) in [5.41, 5.74) is 0.324. The molecule has 46 heavy (non-hydrogen) atoms. The molecule has 7 atom stereocenters. The van der Waals surface area contributed by atoms with Crippen molar-refractivity contribution in [2.45, 2.75) is 206 Å². The molecule has 262 valence electrons. The molecule has 0 aromatic heterocycles. The Bertz CT molecular complexity index is 924. The van der Waals surface area contributed by atoms with E-state index in [1.165, 1.54) is 173 Å². The third-order valence-electron chi connectivity index (χ3n) is 13.4. The van der Waals surface area contributed by atoms with E-state index in [0.29, 0.717) is 17.8 Å². The molecule has 0 spiro atoms. The van der Waals surface area contributed by atoms with Crippen molar-refractivity contribution >= 4 is 5.97 Å². The first kappa shape index (κ1) is 37.6. The maximum Gasteiger partial charge on any atom is 0.319 e. The largest absolute Gasteiger partial charge is 0.372 e. The third kappa shape index (κ3) is 12.0. The number of hydrogen-bond donors (Lipinski definition) is 0. The molecule has 0 N–H and O–H groups in total. The fourth-order valence-electron chi connectivity index (χ4n) is 10.6. The van der Waals surface area contributed by atoms with E-state index in [1.807, 2.05) is 0 Å². The predicted molar refractivity (Wildman–Crippen MR) is 196 cm³/mol. The Kier molecular flexibility index (Phi) is 17.7. The topological polar surface area (TPSA) is 26.3 Å². The van der Waals surface area contributed by atoms with Crippen molar-refractivity contribution in [3.05, 3.63) is 12.2 Å². The summed E-state index contributed by atoms with van der Waals surface area (Å²) in [6, 6.07) is 0. The van der Waals surface area contributed by atoms with Crippen LogP contribution in [-0.2, 0) is 9.53 Å². The van der Waals surface area contributed by atoms with Crippen molar-refractivity contribution in [2.75, 3.05) is 0 Å².